The van der Waals surface area contributed by atoms with Gasteiger partial charge in [-0.1, -0.05) is 0 Å². The summed E-state index contributed by atoms with van der Waals surface area (Å²) >= 11 is 22.8. The maximum atomic E-state index is 7.57. The van der Waals surface area contributed by atoms with Crippen LogP contribution in [-0.2, 0) is 0 Å². The summed E-state index contributed by atoms with van der Waals surface area (Å²) in [6.45, 7) is 1.51. The fourth-order valence-corrected chi connectivity index (χ4v) is 13.7. The maximum absolute atomic E-state index is 7.57. The van der Waals surface area contributed by atoms with Crippen molar-refractivity contribution in [2.24, 2.45) is 13.5 Å². The molecule has 0 fully saturated rings. The Morgan fingerprint density at radius 1 is 1.27 bits per heavy atom. The lowest BCUT2D eigenvalue weighted by atomic mass is 12.0. The highest BCUT2D eigenvalue weighted by molar-refractivity contribution is 8.20. The summed E-state index contributed by atoms with van der Waals surface area (Å²) in [6, 6.07) is 0. The van der Waals surface area contributed by atoms with Crippen LogP contribution in [0.3, 0.4) is 0 Å². The van der Waals surface area contributed by atoms with Crippen LogP contribution < -0.4 is 0 Å². The van der Waals surface area contributed by atoms with E-state index in [1.807, 2.05) is 0 Å². The van der Waals surface area contributed by atoms with Gasteiger partial charge in [-0.05, 0) is 51.6 Å². The van der Waals surface area contributed by atoms with Gasteiger partial charge in [0, 0.05) is 0 Å². The van der Waals surface area contributed by atoms with Gasteiger partial charge in [-0.15, -0.1) is 0 Å². The van der Waals surface area contributed by atoms with Crippen LogP contribution in [-0.4, -0.2) is 7.94 Å². The Morgan fingerprint density at radius 2 is 1.82 bits per heavy atom. The molecule has 66 valence electrons. The standard InChI is InChI=1S/CH4Cl4N3P3/c1-9-6-10(2,3)8-11(4,5)7-9/h9H,1H3/i9D. The molecule has 1 unspecified atom stereocenters. The minimum absolute atomic E-state index is 1.51. The zero-order chi connectivity index (χ0) is 9.62. The Kier molecular flexibility index (Phi) is 3.03. The van der Waals surface area contributed by atoms with Crippen LogP contribution in [0.15, 0.2) is 13.5 Å². The third-order valence-corrected chi connectivity index (χ3v) is 11.1. The van der Waals surface area contributed by atoms with E-state index in [4.69, 9.17) is 46.2 Å². The number of halogens is 4. The molecule has 0 radical (unpaired) electrons. The molecule has 1 rings (SSSR count). The van der Waals surface area contributed by atoms with Crippen LogP contribution in [0.2, 0.25) is 0 Å². The number of rotatable bonds is 0. The molecule has 0 spiro atoms. The van der Waals surface area contributed by atoms with Crippen molar-refractivity contribution in [1.29, 1.82) is 1.28 Å². The van der Waals surface area contributed by atoms with E-state index < -0.39 is 19.6 Å². The van der Waals surface area contributed by atoms with Crippen molar-refractivity contribution in [3.05, 3.63) is 0 Å². The SMILES string of the molecule is [2H]P1(C)=NP(Cl)(Cl)=NP(Cl)(Cl)=N1. The highest BCUT2D eigenvalue weighted by Gasteiger charge is 2.22. The van der Waals surface area contributed by atoms with Crippen LogP contribution in [0.5, 0.6) is 0 Å². The first-order valence-corrected chi connectivity index (χ1v) is 11.0. The quantitative estimate of drug-likeness (QED) is 0.507. The van der Waals surface area contributed by atoms with Gasteiger partial charge in [-0.2, -0.15) is 4.52 Å². The second-order valence-electron chi connectivity index (χ2n) is 1.67. The predicted molar refractivity (Wildman–Crippen MR) is 58.8 cm³/mol. The minimum Gasteiger partial charge on any atom is -0.217 e. The molecule has 0 aromatic carbocycles. The lowest BCUT2D eigenvalue weighted by Gasteiger charge is -2.13. The fourth-order valence-electron chi connectivity index (χ4n) is 0.495. The molecule has 0 aromatic heterocycles. The molecular weight excluding hydrogens is 289 g/mol. The maximum Gasteiger partial charge on any atom is 0.255 e. The molecule has 0 amide bonds. The largest absolute Gasteiger partial charge is 0.255 e. The summed E-state index contributed by atoms with van der Waals surface area (Å²) in [5.41, 5.74) is 0. The van der Waals surface area contributed by atoms with E-state index in [-0.39, 0.29) is 0 Å². The Morgan fingerprint density at radius 3 is 2.18 bits per heavy atom. The van der Waals surface area contributed by atoms with Crippen molar-refractivity contribution in [3.63, 3.8) is 0 Å². The summed E-state index contributed by atoms with van der Waals surface area (Å²) in [5.74, 6) is -5.66. The van der Waals surface area contributed by atoms with Gasteiger partial charge >= 0.3 is 0 Å². The van der Waals surface area contributed by atoms with E-state index in [1.165, 1.54) is 6.66 Å². The molecule has 3 nitrogen and oxygen atoms in total. The zero-order valence-corrected chi connectivity index (χ0v) is 10.9. The Bertz CT molecular complexity index is 282. The smallest absolute Gasteiger partial charge is 0.217 e. The molecule has 0 saturated heterocycles. The Balaban J connectivity index is 3.46. The van der Waals surface area contributed by atoms with Crippen LogP contribution in [0.4, 0.5) is 0 Å². The topological polar surface area (TPSA) is 37.1 Å². The van der Waals surface area contributed by atoms with E-state index >= 15 is 0 Å². The molecule has 0 aliphatic carbocycles. The first-order chi connectivity index (χ1) is 5.12. The van der Waals surface area contributed by atoms with Gasteiger partial charge in [-0.3, -0.25) is 0 Å². The summed E-state index contributed by atoms with van der Waals surface area (Å²) in [4.78, 5) is 0. The van der Waals surface area contributed by atoms with Gasteiger partial charge in [0.1, 0.15) is 1.28 Å². The van der Waals surface area contributed by atoms with Crippen molar-refractivity contribution in [2.45, 2.75) is 0 Å². The summed E-state index contributed by atoms with van der Waals surface area (Å²) in [6.07, 6.45) is 0. The van der Waals surface area contributed by atoms with E-state index in [0.717, 1.165) is 0 Å². The lowest BCUT2D eigenvalue weighted by molar-refractivity contribution is 1.78. The first kappa shape index (κ1) is 9.41. The fraction of sp³-hybridized carbons (Fsp3) is 1.00. The number of hydrogen-bond acceptors (Lipinski definition) is 3. The molecule has 0 saturated carbocycles. The third kappa shape index (κ3) is 3.61. The molecule has 11 heavy (non-hydrogen) atoms. The van der Waals surface area contributed by atoms with Crippen LogP contribution in [0.1, 0.15) is 0 Å². The van der Waals surface area contributed by atoms with E-state index in [2.05, 4.69) is 13.5 Å². The first-order valence-electron chi connectivity index (χ1n) is 2.77. The Hall–Kier alpha value is 1.85. The minimum atomic E-state index is -2.83. The van der Waals surface area contributed by atoms with Gasteiger partial charge in [0.2, 0.25) is 0 Å². The van der Waals surface area contributed by atoms with Crippen LogP contribution in [0, 0.1) is 0 Å². The van der Waals surface area contributed by atoms with E-state index in [9.17, 15) is 0 Å². The molecular formula is CH4Cl4N3P3. The second-order valence-corrected chi connectivity index (χ2v) is 13.3. The van der Waals surface area contributed by atoms with Crippen molar-refractivity contribution >= 4 is 64.6 Å². The molecule has 1 aliphatic heterocycles. The number of hydrogen-bond donors (Lipinski definition) is 0. The summed E-state index contributed by atoms with van der Waals surface area (Å²) in [7, 11) is -2.60. The molecule has 10 heteroatoms. The second kappa shape index (κ2) is 3.54. The highest BCUT2D eigenvalue weighted by atomic mass is 35.9. The molecule has 0 aromatic rings. The number of nitrogens with zero attached hydrogens (tertiary/aromatic N) is 3. The van der Waals surface area contributed by atoms with Crippen molar-refractivity contribution in [3.8, 4) is 0 Å². The molecule has 1 heterocycles. The zero-order valence-electron chi connectivity index (χ0n) is 6.20. The van der Waals surface area contributed by atoms with Gasteiger partial charge in [0.25, 0.3) is 11.8 Å². The van der Waals surface area contributed by atoms with E-state index in [0.29, 0.717) is 0 Å². The van der Waals surface area contributed by atoms with Gasteiger partial charge in [0.05, 0.1) is 7.81 Å². The van der Waals surface area contributed by atoms with Gasteiger partial charge in [0.15, 0.2) is 0 Å². The third-order valence-electron chi connectivity index (χ3n) is 0.689. The Labute approximate surface area is 85.9 Å². The molecule has 1 aliphatic rings. The normalized spacial score (nSPS) is 41.0. The summed E-state index contributed by atoms with van der Waals surface area (Å²) < 4.78 is 18.8. The van der Waals surface area contributed by atoms with Crippen molar-refractivity contribution in [1.82, 2.24) is 0 Å². The van der Waals surface area contributed by atoms with Gasteiger partial charge in [-0.25, -0.2) is 9.03 Å². The average Bonchev–Trinajstić information content (AvgIpc) is 1.44. The molecule has 1 atom stereocenters. The molecule has 0 bridgehead atoms. The average molecular weight is 294 g/mol. The van der Waals surface area contributed by atoms with Crippen LogP contribution in [0.25, 0.3) is 0 Å². The van der Waals surface area contributed by atoms with Crippen LogP contribution >= 0.6 is 64.6 Å². The van der Waals surface area contributed by atoms with E-state index in [1.54, 1.807) is 0 Å². The monoisotopic (exact) mass is 292 g/mol. The van der Waals surface area contributed by atoms with Gasteiger partial charge < -0.3 is 0 Å². The molecule has 0 N–H and O–H groups in total. The lowest BCUT2D eigenvalue weighted by Crippen LogP contribution is -1.60. The van der Waals surface area contributed by atoms with Crippen molar-refractivity contribution < 1.29 is 0 Å². The predicted octanol–water partition coefficient (Wildman–Crippen LogP) is 5.79. The van der Waals surface area contributed by atoms with Crippen molar-refractivity contribution in [2.75, 3.05) is 6.66 Å². The highest BCUT2D eigenvalue weighted by Crippen LogP contribution is 2.80. The summed E-state index contributed by atoms with van der Waals surface area (Å²) in [5, 5.41) is 0.